The number of benzene rings is 1. The van der Waals surface area contributed by atoms with Gasteiger partial charge < -0.3 is 14.5 Å². The normalized spacial score (nSPS) is 18.6. The molecule has 2 aliphatic heterocycles. The van der Waals surface area contributed by atoms with Gasteiger partial charge in [0.15, 0.2) is 0 Å². The fraction of sp³-hybridized carbons (Fsp3) is 0.500. The van der Waals surface area contributed by atoms with Gasteiger partial charge in [-0.2, -0.15) is 5.10 Å². The number of likely N-dealkylation sites (tertiary alicyclic amines) is 1. The fourth-order valence-electron chi connectivity index (χ4n) is 4.29. The summed E-state index contributed by atoms with van der Waals surface area (Å²) in [5.41, 5.74) is 3.15. The summed E-state index contributed by atoms with van der Waals surface area (Å²) < 4.78 is 7.24. The van der Waals surface area contributed by atoms with Gasteiger partial charge in [0.25, 0.3) is 5.91 Å². The Kier molecular flexibility index (Phi) is 5.26. The van der Waals surface area contributed by atoms with Gasteiger partial charge in [-0.05, 0) is 62.4 Å². The molecule has 1 saturated heterocycles. The van der Waals surface area contributed by atoms with E-state index in [1.165, 1.54) is 0 Å². The van der Waals surface area contributed by atoms with Gasteiger partial charge in [0.1, 0.15) is 5.60 Å². The van der Waals surface area contributed by atoms with Gasteiger partial charge in [-0.3, -0.25) is 9.48 Å². The molecule has 2 aliphatic rings. The van der Waals surface area contributed by atoms with Crippen LogP contribution in [0.2, 0.25) is 5.02 Å². The van der Waals surface area contributed by atoms with E-state index in [1.54, 1.807) is 33.9 Å². The summed E-state index contributed by atoms with van der Waals surface area (Å²) >= 11 is 6.44. The maximum atomic E-state index is 12.9. The SMILES string of the molecule is Cn1cc(C(=O)N2Cc3cc(Cl)cc(C4CCCN4C(=O)OC(C)(C)C)c3C2)cn1. The molecule has 1 atom stereocenters. The lowest BCUT2D eigenvalue weighted by Gasteiger charge is -2.30. The summed E-state index contributed by atoms with van der Waals surface area (Å²) in [5.74, 6) is -0.0585. The first-order chi connectivity index (χ1) is 14.1. The maximum Gasteiger partial charge on any atom is 0.410 e. The van der Waals surface area contributed by atoms with E-state index in [9.17, 15) is 9.59 Å². The first-order valence-corrected chi connectivity index (χ1v) is 10.6. The lowest BCUT2D eigenvalue weighted by molar-refractivity contribution is 0.0223. The van der Waals surface area contributed by atoms with Crippen LogP contribution in [0.25, 0.3) is 0 Å². The number of aryl methyl sites for hydroxylation is 1. The van der Waals surface area contributed by atoms with Crippen molar-refractivity contribution in [2.45, 2.75) is 58.3 Å². The third-order valence-corrected chi connectivity index (χ3v) is 5.75. The summed E-state index contributed by atoms with van der Waals surface area (Å²) in [6.07, 6.45) is 4.76. The molecule has 7 nitrogen and oxygen atoms in total. The van der Waals surface area contributed by atoms with Gasteiger partial charge in [0, 0.05) is 37.9 Å². The number of hydrogen-bond donors (Lipinski definition) is 0. The van der Waals surface area contributed by atoms with Gasteiger partial charge in [-0.1, -0.05) is 11.6 Å². The van der Waals surface area contributed by atoms with E-state index in [2.05, 4.69) is 5.10 Å². The van der Waals surface area contributed by atoms with Crippen LogP contribution in [0, 0.1) is 0 Å². The predicted octanol–water partition coefficient (Wildman–Crippen LogP) is 4.30. The second-order valence-electron chi connectivity index (χ2n) is 9.03. The van der Waals surface area contributed by atoms with Gasteiger partial charge in [-0.25, -0.2) is 4.79 Å². The van der Waals surface area contributed by atoms with Crippen molar-refractivity contribution < 1.29 is 14.3 Å². The fourth-order valence-corrected chi connectivity index (χ4v) is 4.54. The molecular weight excluding hydrogens is 404 g/mol. The van der Waals surface area contributed by atoms with E-state index in [1.807, 2.05) is 32.9 Å². The van der Waals surface area contributed by atoms with Gasteiger partial charge in [0.05, 0.1) is 17.8 Å². The molecule has 30 heavy (non-hydrogen) atoms. The molecule has 0 N–H and O–H groups in total. The average Bonchev–Trinajstić information content (AvgIpc) is 3.37. The quantitative estimate of drug-likeness (QED) is 0.712. The van der Waals surface area contributed by atoms with Crippen molar-refractivity contribution in [1.82, 2.24) is 19.6 Å². The molecule has 0 spiro atoms. The molecule has 0 saturated carbocycles. The average molecular weight is 431 g/mol. The molecule has 1 aromatic carbocycles. The molecule has 160 valence electrons. The number of halogens is 1. The Morgan fingerprint density at radius 1 is 1.23 bits per heavy atom. The van der Waals surface area contributed by atoms with Gasteiger partial charge in [0.2, 0.25) is 0 Å². The predicted molar refractivity (Wildman–Crippen MR) is 113 cm³/mol. The van der Waals surface area contributed by atoms with Crippen molar-refractivity contribution in [3.63, 3.8) is 0 Å². The van der Waals surface area contributed by atoms with Crippen LogP contribution in [-0.4, -0.2) is 43.7 Å². The Morgan fingerprint density at radius 3 is 2.67 bits per heavy atom. The molecular formula is C22H27ClN4O3. The number of carbonyl (C=O) groups is 2. The van der Waals surface area contributed by atoms with Crippen LogP contribution in [0.15, 0.2) is 24.5 Å². The minimum atomic E-state index is -0.548. The van der Waals surface area contributed by atoms with E-state index in [4.69, 9.17) is 16.3 Å². The van der Waals surface area contributed by atoms with Gasteiger partial charge in [-0.15, -0.1) is 0 Å². The number of nitrogens with zero attached hydrogens (tertiary/aromatic N) is 4. The second kappa shape index (κ2) is 7.61. The minimum Gasteiger partial charge on any atom is -0.444 e. The van der Waals surface area contributed by atoms with E-state index in [0.717, 1.165) is 29.5 Å². The highest BCUT2D eigenvalue weighted by Gasteiger charge is 2.37. The highest BCUT2D eigenvalue weighted by molar-refractivity contribution is 6.30. The maximum absolute atomic E-state index is 12.9. The summed E-state index contributed by atoms with van der Waals surface area (Å²) in [6.45, 7) is 7.25. The Hall–Kier alpha value is -2.54. The molecule has 3 heterocycles. The van der Waals surface area contributed by atoms with Crippen molar-refractivity contribution in [3.05, 3.63) is 51.8 Å². The Morgan fingerprint density at radius 2 is 2.00 bits per heavy atom. The Bertz CT molecular complexity index is 995. The molecule has 2 aromatic rings. The smallest absolute Gasteiger partial charge is 0.410 e. The van der Waals surface area contributed by atoms with Crippen LogP contribution in [-0.2, 0) is 24.9 Å². The number of fused-ring (bicyclic) bond motifs is 1. The zero-order valence-corrected chi connectivity index (χ0v) is 18.6. The lowest BCUT2D eigenvalue weighted by Crippen LogP contribution is -2.36. The van der Waals surface area contributed by atoms with Crippen molar-refractivity contribution in [3.8, 4) is 0 Å². The van der Waals surface area contributed by atoms with Crippen molar-refractivity contribution in [1.29, 1.82) is 0 Å². The van der Waals surface area contributed by atoms with E-state index in [-0.39, 0.29) is 18.0 Å². The molecule has 1 unspecified atom stereocenters. The summed E-state index contributed by atoms with van der Waals surface area (Å²) in [6, 6.07) is 3.76. The molecule has 2 amide bonds. The molecule has 0 aliphatic carbocycles. The van der Waals surface area contributed by atoms with Crippen LogP contribution >= 0.6 is 11.6 Å². The topological polar surface area (TPSA) is 67.7 Å². The number of amides is 2. The number of rotatable bonds is 2. The van der Waals surface area contributed by atoms with Crippen LogP contribution in [0.1, 0.15) is 66.7 Å². The standard InChI is InChI=1S/C22H27ClN4O3/c1-22(2,3)30-21(29)27-7-5-6-19(27)17-9-16(23)8-14-12-26(13-18(14)17)20(28)15-10-24-25(4)11-15/h8-11,19H,5-7,12-13H2,1-4H3. The van der Waals surface area contributed by atoms with Crippen molar-refractivity contribution >= 4 is 23.6 Å². The first-order valence-electron chi connectivity index (χ1n) is 10.2. The van der Waals surface area contributed by atoms with Crippen LogP contribution in [0.5, 0.6) is 0 Å². The molecule has 0 radical (unpaired) electrons. The summed E-state index contributed by atoms with van der Waals surface area (Å²) in [7, 11) is 1.79. The molecule has 4 rings (SSSR count). The van der Waals surface area contributed by atoms with Crippen LogP contribution in [0.4, 0.5) is 4.79 Å². The number of ether oxygens (including phenoxy) is 1. The highest BCUT2D eigenvalue weighted by atomic mass is 35.5. The largest absolute Gasteiger partial charge is 0.444 e. The van der Waals surface area contributed by atoms with E-state index in [0.29, 0.717) is 30.2 Å². The number of hydrogen-bond acceptors (Lipinski definition) is 4. The van der Waals surface area contributed by atoms with Crippen LogP contribution < -0.4 is 0 Å². The lowest BCUT2D eigenvalue weighted by atomic mass is 9.96. The first kappa shape index (κ1) is 20.7. The summed E-state index contributed by atoms with van der Waals surface area (Å²) in [4.78, 5) is 29.3. The van der Waals surface area contributed by atoms with Crippen LogP contribution in [0.3, 0.4) is 0 Å². The third-order valence-electron chi connectivity index (χ3n) is 5.53. The Balaban J connectivity index is 1.61. The third kappa shape index (κ3) is 4.03. The van der Waals surface area contributed by atoms with Crippen molar-refractivity contribution in [2.75, 3.05) is 6.54 Å². The minimum absolute atomic E-state index is 0.0585. The summed E-state index contributed by atoms with van der Waals surface area (Å²) in [5, 5.41) is 4.72. The number of aromatic nitrogens is 2. The molecule has 1 aromatic heterocycles. The zero-order valence-electron chi connectivity index (χ0n) is 17.8. The monoisotopic (exact) mass is 430 g/mol. The Labute approximate surface area is 181 Å². The van der Waals surface area contributed by atoms with Crippen molar-refractivity contribution in [2.24, 2.45) is 7.05 Å². The van der Waals surface area contributed by atoms with E-state index < -0.39 is 5.60 Å². The second-order valence-corrected chi connectivity index (χ2v) is 9.46. The molecule has 1 fully saturated rings. The molecule has 8 heteroatoms. The zero-order chi connectivity index (χ0) is 21.6. The molecule has 0 bridgehead atoms. The van der Waals surface area contributed by atoms with Gasteiger partial charge >= 0.3 is 6.09 Å². The highest BCUT2D eigenvalue weighted by Crippen LogP contribution is 2.40. The van der Waals surface area contributed by atoms with E-state index >= 15 is 0 Å². The number of carbonyl (C=O) groups excluding carboxylic acids is 2.